The highest BCUT2D eigenvalue weighted by molar-refractivity contribution is 5.77. The van der Waals surface area contributed by atoms with Crippen LogP contribution in [0.25, 0.3) is 33.8 Å². The van der Waals surface area contributed by atoms with E-state index in [0.717, 1.165) is 5.56 Å². The third-order valence-electron chi connectivity index (χ3n) is 5.28. The number of fused-ring (bicyclic) bond motifs is 1. The molecule has 5 aromatic rings. The number of aromatic nitrogens is 4. The number of oxazole rings is 1. The van der Waals surface area contributed by atoms with Crippen molar-refractivity contribution in [2.75, 3.05) is 0 Å². The smallest absolute Gasteiger partial charge is 0.419 e. The number of carbonyl (C=O) groups excluding carboxylic acids is 1. The maximum atomic E-state index is 12.2. The summed E-state index contributed by atoms with van der Waals surface area (Å²) in [6.45, 7) is 1.93. The Hall–Kier alpha value is -4.47. The van der Waals surface area contributed by atoms with Crippen LogP contribution in [0.5, 0.6) is 0 Å². The third kappa shape index (κ3) is 4.25. The average molecular weight is 460 g/mol. The number of carbonyl (C=O) groups is 1. The first-order valence-corrected chi connectivity index (χ1v) is 10.7. The molecule has 0 N–H and O–H groups in total. The van der Waals surface area contributed by atoms with Crippen molar-refractivity contribution >= 4 is 17.1 Å². The van der Waals surface area contributed by atoms with E-state index in [0.29, 0.717) is 41.1 Å². The van der Waals surface area contributed by atoms with E-state index in [1.54, 1.807) is 25.1 Å². The number of para-hydroxylation sites is 2. The monoisotopic (exact) mass is 460 g/mol. The maximum Gasteiger partial charge on any atom is 0.419 e. The van der Waals surface area contributed by atoms with Crippen LogP contribution < -0.4 is 5.76 Å². The van der Waals surface area contributed by atoms with Crippen LogP contribution in [0.2, 0.25) is 0 Å². The van der Waals surface area contributed by atoms with Gasteiger partial charge in [-0.15, -0.1) is 10.2 Å². The van der Waals surface area contributed by atoms with Crippen molar-refractivity contribution in [1.82, 2.24) is 19.9 Å². The summed E-state index contributed by atoms with van der Waals surface area (Å²) >= 11 is 0. The fraction of sp³-hybridized carbons (Fsp3) is 0.208. The molecule has 0 aliphatic carbocycles. The van der Waals surface area contributed by atoms with Gasteiger partial charge in [-0.3, -0.25) is 9.36 Å². The molecule has 34 heavy (non-hydrogen) atoms. The summed E-state index contributed by atoms with van der Waals surface area (Å²) in [6, 6.07) is 16.6. The fourth-order valence-electron chi connectivity index (χ4n) is 3.65. The van der Waals surface area contributed by atoms with Gasteiger partial charge in [-0.2, -0.15) is 0 Å². The van der Waals surface area contributed by atoms with Gasteiger partial charge in [0.15, 0.2) is 12.2 Å². The van der Waals surface area contributed by atoms with E-state index < -0.39 is 11.7 Å². The highest BCUT2D eigenvalue weighted by atomic mass is 16.5. The van der Waals surface area contributed by atoms with Gasteiger partial charge in [0.2, 0.25) is 0 Å². The topological polar surface area (TPSA) is 126 Å². The highest BCUT2D eigenvalue weighted by Gasteiger charge is 2.22. The molecular formula is C24H20N4O6. The van der Waals surface area contributed by atoms with Crippen LogP contribution >= 0.6 is 0 Å². The molecule has 0 aliphatic rings. The van der Waals surface area contributed by atoms with E-state index in [-0.39, 0.29) is 24.8 Å². The second-order valence-electron chi connectivity index (χ2n) is 7.58. The quantitative estimate of drug-likeness (QED) is 0.314. The van der Waals surface area contributed by atoms with Gasteiger partial charge in [-0.25, -0.2) is 4.79 Å². The molecule has 3 aromatic heterocycles. The van der Waals surface area contributed by atoms with Crippen molar-refractivity contribution in [2.45, 2.75) is 32.9 Å². The number of ether oxygens (including phenoxy) is 1. The molecule has 10 nitrogen and oxygen atoms in total. The summed E-state index contributed by atoms with van der Waals surface area (Å²) in [6.07, 6.45) is 0.535. The molecule has 0 saturated carbocycles. The van der Waals surface area contributed by atoms with Crippen molar-refractivity contribution in [3.05, 3.63) is 76.8 Å². The minimum atomic E-state index is -0.452. The van der Waals surface area contributed by atoms with Gasteiger partial charge in [0.05, 0.1) is 5.52 Å². The van der Waals surface area contributed by atoms with E-state index in [2.05, 4.69) is 15.4 Å². The molecule has 3 heterocycles. The zero-order chi connectivity index (χ0) is 23.5. The Balaban J connectivity index is 1.19. The molecular weight excluding hydrogens is 440 g/mol. The molecule has 172 valence electrons. The average Bonchev–Trinajstić information content (AvgIpc) is 3.55. The number of esters is 1. The number of aryl methyl sites for hydroxylation is 2. The lowest BCUT2D eigenvalue weighted by Crippen LogP contribution is -2.15. The van der Waals surface area contributed by atoms with Crippen molar-refractivity contribution in [3.8, 4) is 22.7 Å². The van der Waals surface area contributed by atoms with Crippen LogP contribution in [0, 0.1) is 6.92 Å². The number of nitrogens with zero attached hydrogens (tertiary/aromatic N) is 4. The van der Waals surface area contributed by atoms with E-state index in [1.165, 1.54) is 4.57 Å². The van der Waals surface area contributed by atoms with Crippen molar-refractivity contribution in [3.63, 3.8) is 0 Å². The predicted molar refractivity (Wildman–Crippen MR) is 119 cm³/mol. The van der Waals surface area contributed by atoms with Gasteiger partial charge < -0.3 is 18.1 Å². The largest absolute Gasteiger partial charge is 0.456 e. The summed E-state index contributed by atoms with van der Waals surface area (Å²) in [5.74, 6) is 0.0292. The highest BCUT2D eigenvalue weighted by Crippen LogP contribution is 2.33. The second-order valence-corrected chi connectivity index (χ2v) is 7.58. The molecule has 0 saturated heterocycles. The molecule has 0 atom stereocenters. The molecule has 0 unspecified atom stereocenters. The Morgan fingerprint density at radius 2 is 1.82 bits per heavy atom. The summed E-state index contributed by atoms with van der Waals surface area (Å²) in [4.78, 5) is 24.2. The van der Waals surface area contributed by atoms with Crippen LogP contribution in [-0.4, -0.2) is 25.9 Å². The van der Waals surface area contributed by atoms with Crippen molar-refractivity contribution in [2.24, 2.45) is 0 Å². The number of hydrogen-bond acceptors (Lipinski definition) is 9. The summed E-state index contributed by atoms with van der Waals surface area (Å²) in [7, 11) is 0. The van der Waals surface area contributed by atoms with Gasteiger partial charge >= 0.3 is 11.7 Å². The van der Waals surface area contributed by atoms with Crippen LogP contribution in [0.4, 0.5) is 0 Å². The SMILES string of the molecule is Cc1onc(-c2ccccc2)c1-c1nnc(COC(=O)CCCn2c(=O)oc3ccccc32)o1. The number of hydrogen-bond donors (Lipinski definition) is 0. The number of rotatable bonds is 8. The van der Waals surface area contributed by atoms with Gasteiger partial charge in [0, 0.05) is 18.5 Å². The van der Waals surface area contributed by atoms with Crippen LogP contribution in [0.3, 0.4) is 0 Å². The van der Waals surface area contributed by atoms with Crippen LogP contribution in [0.15, 0.2) is 72.7 Å². The molecule has 2 aromatic carbocycles. The minimum Gasteiger partial charge on any atom is -0.456 e. The van der Waals surface area contributed by atoms with Crippen LogP contribution in [0.1, 0.15) is 24.5 Å². The van der Waals surface area contributed by atoms with E-state index in [1.807, 2.05) is 36.4 Å². The Morgan fingerprint density at radius 3 is 2.68 bits per heavy atom. The van der Waals surface area contributed by atoms with Gasteiger partial charge in [-0.1, -0.05) is 47.6 Å². The maximum absolute atomic E-state index is 12.2. The van der Waals surface area contributed by atoms with E-state index in [9.17, 15) is 9.59 Å². The van der Waals surface area contributed by atoms with Crippen molar-refractivity contribution in [1.29, 1.82) is 0 Å². The molecule has 10 heteroatoms. The standard InChI is InChI=1S/C24H20N4O6/c1-15-21(22(27-34-15)16-8-3-2-4-9-16)23-26-25-19(33-23)14-31-20(29)12-7-13-28-17-10-5-6-11-18(17)32-24(28)30/h2-6,8-11H,7,12-14H2,1H3. The first-order chi connectivity index (χ1) is 16.6. The Kier molecular flexibility index (Phi) is 5.77. The fourth-order valence-corrected chi connectivity index (χ4v) is 3.65. The van der Waals surface area contributed by atoms with E-state index in [4.69, 9.17) is 18.1 Å². The summed E-state index contributed by atoms with van der Waals surface area (Å²) in [5.41, 5.74) is 3.24. The summed E-state index contributed by atoms with van der Waals surface area (Å²) < 4.78 is 23.0. The minimum absolute atomic E-state index is 0.121. The molecule has 0 bridgehead atoms. The van der Waals surface area contributed by atoms with Crippen LogP contribution in [-0.2, 0) is 22.7 Å². The van der Waals surface area contributed by atoms with Gasteiger partial charge in [0.1, 0.15) is 17.0 Å². The molecule has 5 rings (SSSR count). The lowest BCUT2D eigenvalue weighted by atomic mass is 10.1. The third-order valence-corrected chi connectivity index (χ3v) is 5.28. The Bertz CT molecular complexity index is 1490. The Morgan fingerprint density at radius 1 is 1.03 bits per heavy atom. The molecule has 0 aliphatic heterocycles. The summed E-state index contributed by atoms with van der Waals surface area (Å²) in [5, 5.41) is 12.1. The predicted octanol–water partition coefficient (Wildman–Crippen LogP) is 4.13. The Labute approximate surface area is 192 Å². The van der Waals surface area contributed by atoms with Gasteiger partial charge in [0.25, 0.3) is 11.8 Å². The normalized spacial score (nSPS) is 11.2. The van der Waals surface area contributed by atoms with E-state index >= 15 is 0 Å². The zero-order valence-electron chi connectivity index (χ0n) is 18.3. The second kappa shape index (κ2) is 9.18. The van der Waals surface area contributed by atoms with Gasteiger partial charge in [-0.05, 0) is 25.5 Å². The molecule has 0 radical (unpaired) electrons. The lowest BCUT2D eigenvalue weighted by molar-refractivity contribution is -0.145. The molecule has 0 amide bonds. The number of benzene rings is 2. The molecule has 0 fully saturated rings. The first-order valence-electron chi connectivity index (χ1n) is 10.7. The lowest BCUT2D eigenvalue weighted by Gasteiger charge is -2.03. The zero-order valence-corrected chi connectivity index (χ0v) is 18.3. The molecule has 0 spiro atoms. The van der Waals surface area contributed by atoms with Crippen molar-refractivity contribution < 1.29 is 22.9 Å². The first kappa shape index (κ1) is 21.4.